The van der Waals surface area contributed by atoms with Crippen LogP contribution in [-0.2, 0) is 28.4 Å². The maximum Gasteiger partial charge on any atom is 0.187 e. The summed E-state index contributed by atoms with van der Waals surface area (Å²) in [6.07, 6.45) is -20.5. The van der Waals surface area contributed by atoms with Gasteiger partial charge >= 0.3 is 0 Å². The van der Waals surface area contributed by atoms with Crippen LogP contribution in [0.2, 0.25) is 0 Å². The van der Waals surface area contributed by atoms with E-state index < -0.39 is 129 Å². The zero-order valence-electron chi connectivity index (χ0n) is 22.7. The summed E-state index contributed by atoms with van der Waals surface area (Å²) in [6.45, 7) is -1.49. The van der Waals surface area contributed by atoms with E-state index in [0.717, 1.165) is 0 Å². The van der Waals surface area contributed by atoms with Crippen LogP contribution < -0.4 is 28.7 Å². The first-order valence-electron chi connectivity index (χ1n) is 13.8. The first kappa shape index (κ1) is 34.1. The minimum atomic E-state index is -1.62. The third-order valence-corrected chi connectivity index (χ3v) is 8.32. The van der Waals surface area contributed by atoms with Crippen molar-refractivity contribution in [1.82, 2.24) is 0 Å². The van der Waals surface area contributed by atoms with Crippen molar-refractivity contribution in [2.24, 2.45) is 28.7 Å². The van der Waals surface area contributed by atoms with E-state index >= 15 is 0 Å². The van der Waals surface area contributed by atoms with Crippen molar-refractivity contribution in [2.75, 3.05) is 19.8 Å². The zero-order chi connectivity index (χ0) is 31.0. The Hall–Kier alpha value is -0.760. The van der Waals surface area contributed by atoms with Crippen LogP contribution in [0.5, 0.6) is 0 Å². The molecule has 0 bridgehead atoms. The second-order valence-corrected chi connectivity index (χ2v) is 11.2. The number of aliphatic hydroxyl groups is 8. The molecule has 18 N–H and O–H groups in total. The van der Waals surface area contributed by atoms with Crippen LogP contribution in [0, 0.1) is 0 Å². The molecule has 0 radical (unpaired) electrons. The Morgan fingerprint density at radius 3 is 1.55 bits per heavy atom. The topological polar surface area (TPSA) is 347 Å². The van der Waals surface area contributed by atoms with Crippen molar-refractivity contribution in [1.29, 1.82) is 0 Å². The van der Waals surface area contributed by atoms with Gasteiger partial charge in [-0.05, 0) is 6.42 Å². The van der Waals surface area contributed by atoms with Crippen LogP contribution in [0.15, 0.2) is 0 Å². The van der Waals surface area contributed by atoms with Crippen LogP contribution in [0.3, 0.4) is 0 Å². The summed E-state index contributed by atoms with van der Waals surface area (Å²) in [7, 11) is 0. The Bertz CT molecular complexity index is 866. The lowest BCUT2D eigenvalue weighted by atomic mass is 9.84. The zero-order valence-corrected chi connectivity index (χ0v) is 22.7. The number of rotatable bonds is 9. The molecule has 0 amide bonds. The maximum absolute atomic E-state index is 11.1. The molecule has 1 aliphatic carbocycles. The number of ether oxygens (including phenoxy) is 6. The molecular formula is C23H45N5O14. The van der Waals surface area contributed by atoms with E-state index in [2.05, 4.69) is 0 Å². The predicted octanol–water partition coefficient (Wildman–Crippen LogP) is -8.86. The highest BCUT2D eigenvalue weighted by molar-refractivity contribution is 5.02. The Morgan fingerprint density at radius 2 is 1.00 bits per heavy atom. The highest BCUT2D eigenvalue weighted by atomic mass is 16.8. The second-order valence-electron chi connectivity index (χ2n) is 11.2. The smallest absolute Gasteiger partial charge is 0.187 e. The average molecular weight is 616 g/mol. The van der Waals surface area contributed by atoms with Gasteiger partial charge in [-0.1, -0.05) is 0 Å². The lowest BCUT2D eigenvalue weighted by Gasteiger charge is -2.47. The first-order chi connectivity index (χ1) is 19.8. The van der Waals surface area contributed by atoms with Gasteiger partial charge in [0.15, 0.2) is 18.9 Å². The van der Waals surface area contributed by atoms with Crippen molar-refractivity contribution < 1.29 is 69.3 Å². The number of nitrogens with two attached hydrogens (primary N) is 5. The van der Waals surface area contributed by atoms with E-state index in [4.69, 9.17) is 57.1 Å². The molecule has 4 rings (SSSR count). The third-order valence-electron chi connectivity index (χ3n) is 8.32. The van der Waals surface area contributed by atoms with E-state index in [9.17, 15) is 40.9 Å². The molecular weight excluding hydrogens is 570 g/mol. The summed E-state index contributed by atoms with van der Waals surface area (Å²) >= 11 is 0. The fourth-order valence-corrected chi connectivity index (χ4v) is 5.70. The van der Waals surface area contributed by atoms with Gasteiger partial charge in [0.25, 0.3) is 0 Å². The van der Waals surface area contributed by atoms with Gasteiger partial charge in [0.2, 0.25) is 0 Å². The molecule has 19 nitrogen and oxygen atoms in total. The summed E-state index contributed by atoms with van der Waals surface area (Å²) in [5, 5.41) is 82.3. The highest BCUT2D eigenvalue weighted by Crippen LogP contribution is 2.34. The van der Waals surface area contributed by atoms with Crippen LogP contribution in [0.4, 0.5) is 0 Å². The molecule has 4 fully saturated rings. The molecule has 0 aromatic rings. The van der Waals surface area contributed by atoms with Gasteiger partial charge in [-0.3, -0.25) is 0 Å². The van der Waals surface area contributed by atoms with Crippen molar-refractivity contribution in [3.63, 3.8) is 0 Å². The van der Waals surface area contributed by atoms with Crippen molar-refractivity contribution in [2.45, 2.75) is 123 Å². The molecule has 0 aromatic carbocycles. The van der Waals surface area contributed by atoms with Crippen LogP contribution in [0.1, 0.15) is 6.42 Å². The molecule has 3 aliphatic heterocycles. The molecule has 4 aliphatic rings. The summed E-state index contributed by atoms with van der Waals surface area (Å²) in [6, 6.07) is -4.30. The largest absolute Gasteiger partial charge is 0.394 e. The number of hydrogen-bond donors (Lipinski definition) is 13. The van der Waals surface area contributed by atoms with Gasteiger partial charge in [0, 0.05) is 18.6 Å². The summed E-state index contributed by atoms with van der Waals surface area (Å²) in [4.78, 5) is 0. The van der Waals surface area contributed by atoms with Crippen molar-refractivity contribution in [3.8, 4) is 0 Å². The predicted molar refractivity (Wildman–Crippen MR) is 136 cm³/mol. The van der Waals surface area contributed by atoms with Gasteiger partial charge in [0.05, 0.1) is 31.4 Å². The summed E-state index contributed by atoms with van der Waals surface area (Å²) < 4.78 is 34.4. The third kappa shape index (κ3) is 6.60. The summed E-state index contributed by atoms with van der Waals surface area (Å²) in [5.41, 5.74) is 29.9. The minimum absolute atomic E-state index is 0.0642. The molecule has 0 aromatic heterocycles. The molecule has 13 unspecified atom stereocenters. The first-order valence-corrected chi connectivity index (χ1v) is 13.8. The van der Waals surface area contributed by atoms with Crippen LogP contribution in [0.25, 0.3) is 0 Å². The molecule has 19 atom stereocenters. The van der Waals surface area contributed by atoms with E-state index in [1.807, 2.05) is 0 Å². The van der Waals surface area contributed by atoms with E-state index in [0.29, 0.717) is 0 Å². The van der Waals surface area contributed by atoms with Gasteiger partial charge < -0.3 is 97.9 Å². The van der Waals surface area contributed by atoms with Crippen molar-refractivity contribution in [3.05, 3.63) is 0 Å². The van der Waals surface area contributed by atoms with Gasteiger partial charge in [-0.15, -0.1) is 0 Å². The summed E-state index contributed by atoms with van der Waals surface area (Å²) in [5.74, 6) is 0. The quantitative estimate of drug-likeness (QED) is 0.114. The van der Waals surface area contributed by atoms with Crippen LogP contribution in [-0.4, -0.2) is 177 Å². The molecule has 42 heavy (non-hydrogen) atoms. The van der Waals surface area contributed by atoms with E-state index in [1.54, 1.807) is 0 Å². The van der Waals surface area contributed by atoms with Gasteiger partial charge in [-0.25, -0.2) is 0 Å². The normalized spacial score (nSPS) is 53.8. The Kier molecular flexibility index (Phi) is 11.5. The molecule has 3 saturated heterocycles. The monoisotopic (exact) mass is 615 g/mol. The highest BCUT2D eigenvalue weighted by Gasteiger charge is 2.54. The maximum atomic E-state index is 11.1. The molecule has 3 heterocycles. The lowest BCUT2D eigenvalue weighted by Crippen LogP contribution is -2.68. The minimum Gasteiger partial charge on any atom is -0.394 e. The van der Waals surface area contributed by atoms with Crippen molar-refractivity contribution >= 4 is 0 Å². The fourth-order valence-electron chi connectivity index (χ4n) is 5.70. The fraction of sp³-hybridized carbons (Fsp3) is 1.00. The van der Waals surface area contributed by atoms with Gasteiger partial charge in [-0.2, -0.15) is 0 Å². The Labute approximate surface area is 240 Å². The number of hydrogen-bond acceptors (Lipinski definition) is 19. The van der Waals surface area contributed by atoms with E-state index in [1.165, 1.54) is 0 Å². The average Bonchev–Trinajstić information content (AvgIpc) is 3.27. The lowest BCUT2D eigenvalue weighted by molar-refractivity contribution is -0.310. The SMILES string of the molecule is NCC1O[C@H](OC2C(CO)OC(OC3C(O)[C@H](N)CC(N)[C@H]3O[C@@H]3OC(CO)[C@@H](O)C(O)C3N)C2O)C(N)C(O)[C@@H]1O. The van der Waals surface area contributed by atoms with Crippen LogP contribution >= 0.6 is 0 Å². The molecule has 19 heteroatoms. The molecule has 1 saturated carbocycles. The second kappa shape index (κ2) is 14.1. The Morgan fingerprint density at radius 1 is 0.524 bits per heavy atom. The van der Waals surface area contributed by atoms with E-state index in [-0.39, 0.29) is 13.0 Å². The molecule has 246 valence electrons. The van der Waals surface area contributed by atoms with Gasteiger partial charge in [0.1, 0.15) is 67.1 Å². The Balaban J connectivity index is 1.50. The molecule has 0 spiro atoms. The standard InChI is InChI=1S/C23H45N5O14/c24-2-7-13(32)15(34)10(27)21(37-7)41-19-9(4-30)39-23(17(19)36)42-20-12(31)5(25)1-6(26)18(20)40-22-11(28)16(35)14(33)8(3-29)38-22/h5-23,29-36H,1-4,24-28H2/t5-,6?,7?,8?,9?,10?,11?,12?,13-,14-,15?,16?,17?,18-,19?,20?,21-,22+,23?/m1/s1. The number of aliphatic hydroxyl groups excluding tert-OH is 8.